The van der Waals surface area contributed by atoms with Crippen LogP contribution in [-0.2, 0) is 4.74 Å². The normalized spacial score (nSPS) is 19.0. The SMILES string of the molecule is c1ccc(OCCCCNCC2CCCO2)cc1. The number of ether oxygens (including phenoxy) is 2. The standard InChI is InChI=1S/C15H23NO2/c1-2-7-14(8-3-1)17-11-5-4-10-16-13-15-9-6-12-18-15/h1-3,7-8,15-16H,4-6,9-13H2. The Morgan fingerprint density at radius 3 is 2.89 bits per heavy atom. The molecular formula is C15H23NO2. The highest BCUT2D eigenvalue weighted by molar-refractivity contribution is 5.20. The number of nitrogens with one attached hydrogen (secondary N) is 1. The molecule has 1 aromatic rings. The van der Waals surface area contributed by atoms with Crippen LogP contribution < -0.4 is 10.1 Å². The first-order valence-corrected chi connectivity index (χ1v) is 6.95. The van der Waals surface area contributed by atoms with E-state index in [2.05, 4.69) is 5.32 Å². The van der Waals surface area contributed by atoms with Crippen molar-refractivity contribution in [2.45, 2.75) is 31.8 Å². The van der Waals surface area contributed by atoms with Crippen LogP contribution in [0, 0.1) is 0 Å². The molecule has 0 spiro atoms. The highest BCUT2D eigenvalue weighted by Gasteiger charge is 2.13. The van der Waals surface area contributed by atoms with Gasteiger partial charge in [0.05, 0.1) is 12.7 Å². The molecule has 2 rings (SSSR count). The minimum atomic E-state index is 0.450. The summed E-state index contributed by atoms with van der Waals surface area (Å²) < 4.78 is 11.2. The Kier molecular flexibility index (Phi) is 6.03. The van der Waals surface area contributed by atoms with E-state index in [9.17, 15) is 0 Å². The summed E-state index contributed by atoms with van der Waals surface area (Å²) in [6.07, 6.45) is 5.12. The second kappa shape index (κ2) is 8.11. The van der Waals surface area contributed by atoms with Crippen molar-refractivity contribution >= 4 is 0 Å². The van der Waals surface area contributed by atoms with E-state index in [1.807, 2.05) is 30.3 Å². The van der Waals surface area contributed by atoms with Gasteiger partial charge < -0.3 is 14.8 Å². The monoisotopic (exact) mass is 249 g/mol. The first-order valence-electron chi connectivity index (χ1n) is 6.95. The summed E-state index contributed by atoms with van der Waals surface area (Å²) in [6.45, 7) is 3.79. The molecule has 0 amide bonds. The lowest BCUT2D eigenvalue weighted by atomic mass is 10.2. The average Bonchev–Trinajstić information content (AvgIpc) is 2.92. The van der Waals surface area contributed by atoms with Crippen molar-refractivity contribution in [3.63, 3.8) is 0 Å². The van der Waals surface area contributed by atoms with E-state index in [1.165, 1.54) is 12.8 Å². The van der Waals surface area contributed by atoms with Gasteiger partial charge in [-0.15, -0.1) is 0 Å². The molecule has 0 aromatic heterocycles. The van der Waals surface area contributed by atoms with Crippen LogP contribution >= 0.6 is 0 Å². The van der Waals surface area contributed by atoms with Gasteiger partial charge in [-0.05, 0) is 44.4 Å². The molecule has 3 heteroatoms. The zero-order valence-electron chi connectivity index (χ0n) is 10.9. The first kappa shape index (κ1) is 13.4. The van der Waals surface area contributed by atoms with Crippen LogP contribution in [0.4, 0.5) is 0 Å². The number of rotatable bonds is 8. The molecule has 0 aliphatic carbocycles. The van der Waals surface area contributed by atoms with E-state index in [4.69, 9.17) is 9.47 Å². The number of unbranched alkanes of at least 4 members (excludes halogenated alkanes) is 1. The molecule has 100 valence electrons. The van der Waals surface area contributed by atoms with Crippen LogP contribution in [0.1, 0.15) is 25.7 Å². The lowest BCUT2D eigenvalue weighted by molar-refractivity contribution is 0.110. The van der Waals surface area contributed by atoms with Gasteiger partial charge in [-0.1, -0.05) is 18.2 Å². The van der Waals surface area contributed by atoms with Gasteiger partial charge in [-0.3, -0.25) is 0 Å². The van der Waals surface area contributed by atoms with Crippen LogP contribution in [0.15, 0.2) is 30.3 Å². The molecule has 1 heterocycles. The van der Waals surface area contributed by atoms with E-state index >= 15 is 0 Å². The third-order valence-corrected chi connectivity index (χ3v) is 3.16. The van der Waals surface area contributed by atoms with E-state index in [-0.39, 0.29) is 0 Å². The van der Waals surface area contributed by atoms with Crippen molar-refractivity contribution in [2.24, 2.45) is 0 Å². The molecule has 1 N–H and O–H groups in total. The maximum absolute atomic E-state index is 5.63. The van der Waals surface area contributed by atoms with Gasteiger partial charge >= 0.3 is 0 Å². The van der Waals surface area contributed by atoms with Gasteiger partial charge in [0.1, 0.15) is 5.75 Å². The highest BCUT2D eigenvalue weighted by Crippen LogP contribution is 2.10. The van der Waals surface area contributed by atoms with Gasteiger partial charge in [0.2, 0.25) is 0 Å². The third kappa shape index (κ3) is 5.07. The summed E-state index contributed by atoms with van der Waals surface area (Å²) in [5.74, 6) is 0.963. The summed E-state index contributed by atoms with van der Waals surface area (Å²) in [7, 11) is 0. The van der Waals surface area contributed by atoms with Gasteiger partial charge in [0, 0.05) is 13.2 Å². The fourth-order valence-corrected chi connectivity index (χ4v) is 2.13. The molecule has 0 radical (unpaired) electrons. The Bertz CT molecular complexity index is 310. The Hall–Kier alpha value is -1.06. The van der Waals surface area contributed by atoms with Crippen molar-refractivity contribution in [1.82, 2.24) is 5.32 Å². The molecule has 3 nitrogen and oxygen atoms in total. The van der Waals surface area contributed by atoms with Gasteiger partial charge in [-0.2, -0.15) is 0 Å². The van der Waals surface area contributed by atoms with Crippen LogP contribution in [0.2, 0.25) is 0 Å². The smallest absolute Gasteiger partial charge is 0.119 e. The van der Waals surface area contributed by atoms with Crippen LogP contribution in [0.3, 0.4) is 0 Å². The van der Waals surface area contributed by atoms with Gasteiger partial charge in [-0.25, -0.2) is 0 Å². The van der Waals surface area contributed by atoms with Crippen LogP contribution in [0.5, 0.6) is 5.75 Å². The second-order valence-electron chi connectivity index (χ2n) is 4.71. The van der Waals surface area contributed by atoms with Crippen molar-refractivity contribution in [1.29, 1.82) is 0 Å². The Morgan fingerprint density at radius 1 is 1.22 bits per heavy atom. The molecule has 1 fully saturated rings. The van der Waals surface area contributed by atoms with Crippen molar-refractivity contribution in [3.05, 3.63) is 30.3 Å². The third-order valence-electron chi connectivity index (χ3n) is 3.16. The predicted octanol–water partition coefficient (Wildman–Crippen LogP) is 2.61. The van der Waals surface area contributed by atoms with E-state index in [1.54, 1.807) is 0 Å². The molecule has 1 aliphatic rings. The number of benzene rings is 1. The summed E-state index contributed by atoms with van der Waals surface area (Å²) in [6, 6.07) is 9.99. The summed E-state index contributed by atoms with van der Waals surface area (Å²) in [5.41, 5.74) is 0. The summed E-state index contributed by atoms with van der Waals surface area (Å²) in [5, 5.41) is 3.45. The summed E-state index contributed by atoms with van der Waals surface area (Å²) >= 11 is 0. The van der Waals surface area contributed by atoms with Gasteiger partial charge in [0.25, 0.3) is 0 Å². The number of hydrogen-bond acceptors (Lipinski definition) is 3. The molecule has 0 bridgehead atoms. The van der Waals surface area contributed by atoms with Crippen molar-refractivity contribution in [3.8, 4) is 5.75 Å². The maximum atomic E-state index is 5.63. The number of hydrogen-bond donors (Lipinski definition) is 1. The fourth-order valence-electron chi connectivity index (χ4n) is 2.13. The summed E-state index contributed by atoms with van der Waals surface area (Å²) in [4.78, 5) is 0. The predicted molar refractivity (Wildman–Crippen MR) is 73.0 cm³/mol. The lowest BCUT2D eigenvalue weighted by Crippen LogP contribution is -2.27. The van der Waals surface area contributed by atoms with E-state index in [0.29, 0.717) is 6.10 Å². The van der Waals surface area contributed by atoms with Gasteiger partial charge in [0.15, 0.2) is 0 Å². The first-order chi connectivity index (χ1) is 8.95. The molecule has 1 unspecified atom stereocenters. The van der Waals surface area contributed by atoms with Crippen molar-refractivity contribution < 1.29 is 9.47 Å². The molecule has 18 heavy (non-hydrogen) atoms. The molecule has 1 saturated heterocycles. The molecule has 1 atom stereocenters. The fraction of sp³-hybridized carbons (Fsp3) is 0.600. The topological polar surface area (TPSA) is 30.5 Å². The zero-order valence-corrected chi connectivity index (χ0v) is 10.9. The van der Waals surface area contributed by atoms with E-state index in [0.717, 1.165) is 44.9 Å². The largest absolute Gasteiger partial charge is 0.494 e. The Labute approximate surface area is 109 Å². The molecule has 0 saturated carbocycles. The average molecular weight is 249 g/mol. The zero-order chi connectivity index (χ0) is 12.5. The van der Waals surface area contributed by atoms with E-state index < -0.39 is 0 Å². The molecular weight excluding hydrogens is 226 g/mol. The Morgan fingerprint density at radius 2 is 2.11 bits per heavy atom. The quantitative estimate of drug-likeness (QED) is 0.718. The lowest BCUT2D eigenvalue weighted by Gasteiger charge is -2.10. The highest BCUT2D eigenvalue weighted by atomic mass is 16.5. The molecule has 1 aliphatic heterocycles. The Balaban J connectivity index is 1.42. The van der Waals surface area contributed by atoms with Crippen molar-refractivity contribution in [2.75, 3.05) is 26.3 Å². The second-order valence-corrected chi connectivity index (χ2v) is 4.71. The minimum Gasteiger partial charge on any atom is -0.494 e. The number of para-hydroxylation sites is 1. The van der Waals surface area contributed by atoms with Crippen LogP contribution in [0.25, 0.3) is 0 Å². The molecule has 1 aromatic carbocycles. The maximum Gasteiger partial charge on any atom is 0.119 e. The van der Waals surface area contributed by atoms with Crippen LogP contribution in [-0.4, -0.2) is 32.4 Å². The minimum absolute atomic E-state index is 0.450.